The topological polar surface area (TPSA) is 68.0 Å². The number of nitrogens with two attached hydrogens (primary N) is 1. The van der Waals surface area contributed by atoms with Crippen LogP contribution in [0, 0.1) is 0 Å². The second-order valence-corrected chi connectivity index (χ2v) is 5.56. The highest BCUT2D eigenvalue weighted by Gasteiger charge is 2.14. The van der Waals surface area contributed by atoms with Gasteiger partial charge in [-0.05, 0) is 24.1 Å². The maximum Gasteiger partial charge on any atom is 0.270 e. The molecule has 1 aromatic carbocycles. The highest BCUT2D eigenvalue weighted by Crippen LogP contribution is 2.20. The molecule has 1 amide bonds. The fourth-order valence-electron chi connectivity index (χ4n) is 2.06. The molecule has 4 nitrogen and oxygen atoms in total. The molecule has 20 heavy (non-hydrogen) atoms. The van der Waals surface area contributed by atoms with Crippen LogP contribution in [0.4, 0.5) is 5.82 Å². The molecular weight excluding hydrogens is 270 g/mol. The number of aromatic nitrogens is 1. The first-order chi connectivity index (χ1) is 9.65. The summed E-state index contributed by atoms with van der Waals surface area (Å²) >= 11 is 1.72. The number of nitrogens with one attached hydrogen (secondary N) is 1. The quantitative estimate of drug-likeness (QED) is 0.888. The van der Waals surface area contributed by atoms with Crippen LogP contribution in [-0.2, 0) is 0 Å². The first-order valence-electron chi connectivity index (χ1n) is 6.60. The number of nitrogens with zero attached hydrogens (tertiary/aromatic N) is 1. The first kappa shape index (κ1) is 14.7. The van der Waals surface area contributed by atoms with Crippen LogP contribution in [0.5, 0.6) is 0 Å². The number of carbonyl (C=O) groups excluding carboxylic acids is 1. The van der Waals surface area contributed by atoms with Crippen LogP contribution in [0.15, 0.2) is 30.3 Å². The molecular formula is C15H19N3OS. The van der Waals surface area contributed by atoms with Crippen molar-refractivity contribution >= 4 is 34.3 Å². The summed E-state index contributed by atoms with van der Waals surface area (Å²) in [4.78, 5) is 16.5. The third-order valence-corrected chi connectivity index (χ3v) is 3.93. The SMILES string of the molecule is CCC(CSC)NC(=O)c1cc2ccccc2c(N)n1. The van der Waals surface area contributed by atoms with Crippen molar-refractivity contribution in [1.82, 2.24) is 10.3 Å². The number of fused-ring (bicyclic) bond motifs is 1. The van der Waals surface area contributed by atoms with E-state index in [1.54, 1.807) is 17.8 Å². The lowest BCUT2D eigenvalue weighted by Gasteiger charge is -2.15. The monoisotopic (exact) mass is 289 g/mol. The zero-order chi connectivity index (χ0) is 14.5. The van der Waals surface area contributed by atoms with E-state index in [4.69, 9.17) is 5.73 Å². The van der Waals surface area contributed by atoms with Gasteiger partial charge < -0.3 is 11.1 Å². The number of pyridine rings is 1. The molecule has 0 bridgehead atoms. The second-order valence-electron chi connectivity index (χ2n) is 4.65. The third-order valence-electron chi connectivity index (χ3n) is 3.20. The maximum atomic E-state index is 12.2. The summed E-state index contributed by atoms with van der Waals surface area (Å²) in [6, 6.07) is 9.61. The van der Waals surface area contributed by atoms with Gasteiger partial charge in [-0.2, -0.15) is 11.8 Å². The van der Waals surface area contributed by atoms with Gasteiger partial charge in [0.1, 0.15) is 11.5 Å². The Labute approximate surface area is 123 Å². The summed E-state index contributed by atoms with van der Waals surface area (Å²) in [7, 11) is 0. The fourth-order valence-corrected chi connectivity index (χ4v) is 2.79. The number of amides is 1. The van der Waals surface area contributed by atoms with Gasteiger partial charge in [-0.15, -0.1) is 0 Å². The number of carbonyl (C=O) groups is 1. The molecule has 1 atom stereocenters. The van der Waals surface area contributed by atoms with Crippen molar-refractivity contribution in [3.8, 4) is 0 Å². The van der Waals surface area contributed by atoms with Crippen molar-refractivity contribution in [3.63, 3.8) is 0 Å². The average Bonchev–Trinajstić information content (AvgIpc) is 2.46. The Bertz CT molecular complexity index is 615. The molecule has 2 aromatic rings. The molecule has 5 heteroatoms. The molecule has 0 spiro atoms. The minimum absolute atomic E-state index is 0.159. The van der Waals surface area contributed by atoms with Gasteiger partial charge in [-0.1, -0.05) is 31.2 Å². The van der Waals surface area contributed by atoms with E-state index in [2.05, 4.69) is 17.2 Å². The lowest BCUT2D eigenvalue weighted by atomic mass is 10.1. The van der Waals surface area contributed by atoms with Crippen molar-refractivity contribution in [1.29, 1.82) is 0 Å². The lowest BCUT2D eigenvalue weighted by molar-refractivity contribution is 0.0935. The molecule has 0 aliphatic heterocycles. The molecule has 1 aromatic heterocycles. The predicted molar refractivity (Wildman–Crippen MR) is 86.1 cm³/mol. The normalized spacial score (nSPS) is 12.3. The molecule has 0 saturated carbocycles. The van der Waals surface area contributed by atoms with E-state index in [0.29, 0.717) is 11.5 Å². The summed E-state index contributed by atoms with van der Waals surface area (Å²) < 4.78 is 0. The number of anilines is 1. The van der Waals surface area contributed by atoms with E-state index in [-0.39, 0.29) is 11.9 Å². The summed E-state index contributed by atoms with van der Waals surface area (Å²) in [5.74, 6) is 1.13. The Morgan fingerprint density at radius 1 is 1.45 bits per heavy atom. The minimum atomic E-state index is -0.164. The van der Waals surface area contributed by atoms with Gasteiger partial charge in [0, 0.05) is 17.2 Å². The first-order valence-corrected chi connectivity index (χ1v) is 8.00. The van der Waals surface area contributed by atoms with Crippen LogP contribution in [0.3, 0.4) is 0 Å². The second kappa shape index (κ2) is 6.61. The number of thioether (sulfide) groups is 1. The zero-order valence-electron chi connectivity index (χ0n) is 11.7. The number of rotatable bonds is 5. The van der Waals surface area contributed by atoms with Crippen LogP contribution in [0.1, 0.15) is 23.8 Å². The van der Waals surface area contributed by atoms with E-state index in [1.165, 1.54) is 0 Å². The van der Waals surface area contributed by atoms with Crippen LogP contribution >= 0.6 is 11.8 Å². The smallest absolute Gasteiger partial charge is 0.270 e. The number of nitrogen functional groups attached to an aromatic ring is 1. The Balaban J connectivity index is 2.26. The highest BCUT2D eigenvalue weighted by molar-refractivity contribution is 7.98. The van der Waals surface area contributed by atoms with E-state index < -0.39 is 0 Å². The minimum Gasteiger partial charge on any atom is -0.383 e. The Kier molecular flexibility index (Phi) is 4.84. The molecule has 2 rings (SSSR count). The Hall–Kier alpha value is -1.75. The molecule has 106 valence electrons. The maximum absolute atomic E-state index is 12.2. The van der Waals surface area contributed by atoms with Crippen molar-refractivity contribution < 1.29 is 4.79 Å². The van der Waals surface area contributed by atoms with E-state index in [1.807, 2.05) is 30.5 Å². The molecule has 3 N–H and O–H groups in total. The largest absolute Gasteiger partial charge is 0.383 e. The highest BCUT2D eigenvalue weighted by atomic mass is 32.2. The van der Waals surface area contributed by atoms with Crippen LogP contribution in [0.2, 0.25) is 0 Å². The van der Waals surface area contributed by atoms with Gasteiger partial charge in [0.05, 0.1) is 0 Å². The number of hydrogen-bond donors (Lipinski definition) is 2. The van der Waals surface area contributed by atoms with Gasteiger partial charge in [0.25, 0.3) is 5.91 Å². The summed E-state index contributed by atoms with van der Waals surface area (Å²) in [5, 5.41) is 4.81. The molecule has 1 heterocycles. The van der Waals surface area contributed by atoms with E-state index >= 15 is 0 Å². The van der Waals surface area contributed by atoms with Gasteiger partial charge in [-0.3, -0.25) is 4.79 Å². The van der Waals surface area contributed by atoms with Gasteiger partial charge in [0.2, 0.25) is 0 Å². The molecule has 0 fully saturated rings. The lowest BCUT2D eigenvalue weighted by Crippen LogP contribution is -2.36. The van der Waals surface area contributed by atoms with Crippen LogP contribution in [-0.4, -0.2) is 28.9 Å². The van der Waals surface area contributed by atoms with E-state index in [0.717, 1.165) is 22.9 Å². The van der Waals surface area contributed by atoms with Crippen LogP contribution < -0.4 is 11.1 Å². The fraction of sp³-hybridized carbons (Fsp3) is 0.333. The molecule has 0 radical (unpaired) electrons. The van der Waals surface area contributed by atoms with Crippen molar-refractivity contribution in [2.24, 2.45) is 0 Å². The third kappa shape index (κ3) is 3.22. The molecule has 1 unspecified atom stereocenters. The van der Waals surface area contributed by atoms with Crippen LogP contribution in [0.25, 0.3) is 10.8 Å². The van der Waals surface area contributed by atoms with E-state index in [9.17, 15) is 4.79 Å². The summed E-state index contributed by atoms with van der Waals surface area (Å²) in [6.07, 6.45) is 2.93. The molecule has 0 aliphatic rings. The predicted octanol–water partition coefficient (Wildman–Crippen LogP) is 2.69. The Morgan fingerprint density at radius 2 is 2.20 bits per heavy atom. The van der Waals surface area contributed by atoms with Crippen molar-refractivity contribution in [2.75, 3.05) is 17.7 Å². The average molecular weight is 289 g/mol. The molecule has 0 aliphatic carbocycles. The van der Waals surface area contributed by atoms with Gasteiger partial charge in [-0.25, -0.2) is 4.98 Å². The summed E-state index contributed by atoms with van der Waals surface area (Å²) in [5.41, 5.74) is 6.30. The summed E-state index contributed by atoms with van der Waals surface area (Å²) in [6.45, 7) is 2.06. The number of benzene rings is 1. The number of hydrogen-bond acceptors (Lipinski definition) is 4. The van der Waals surface area contributed by atoms with Gasteiger partial charge in [0.15, 0.2) is 0 Å². The van der Waals surface area contributed by atoms with Gasteiger partial charge >= 0.3 is 0 Å². The Morgan fingerprint density at radius 3 is 2.90 bits per heavy atom. The van der Waals surface area contributed by atoms with Crippen molar-refractivity contribution in [2.45, 2.75) is 19.4 Å². The van der Waals surface area contributed by atoms with Crippen molar-refractivity contribution in [3.05, 3.63) is 36.0 Å². The standard InChI is InChI=1S/C15H19N3OS/c1-3-11(9-20-2)17-15(19)13-8-10-6-4-5-7-12(10)14(16)18-13/h4-8,11H,3,9H2,1-2H3,(H2,16,18)(H,17,19). The zero-order valence-corrected chi connectivity index (χ0v) is 12.5. The molecule has 0 saturated heterocycles.